The van der Waals surface area contributed by atoms with E-state index in [2.05, 4.69) is 67.9 Å². The first-order chi connectivity index (χ1) is 9.45. The second-order valence-corrected chi connectivity index (χ2v) is 6.67. The second-order valence-electron chi connectivity index (χ2n) is 6.67. The molecule has 1 atom stereocenters. The quantitative estimate of drug-likeness (QED) is 0.895. The lowest BCUT2D eigenvalue weighted by molar-refractivity contribution is 0.151. The van der Waals surface area contributed by atoms with Gasteiger partial charge in [-0.15, -0.1) is 0 Å². The Bertz CT molecular complexity index is 464. The summed E-state index contributed by atoms with van der Waals surface area (Å²) in [5.74, 6) is 1.87. The molecule has 1 aliphatic rings. The largest absolute Gasteiger partial charge is 0.370 e. The van der Waals surface area contributed by atoms with Gasteiger partial charge in [0, 0.05) is 6.54 Å². The Labute approximate surface area is 122 Å². The van der Waals surface area contributed by atoms with Crippen LogP contribution in [0.3, 0.4) is 0 Å². The van der Waals surface area contributed by atoms with Crippen molar-refractivity contribution in [2.24, 2.45) is 22.6 Å². The standard InChI is InChI=1S/C17H27N3/c1-13(2)10-17(15-8-6-5-7-9-15)12-19-16(18)20(17)11-14(3)4/h5-9,13-14H,10-12H2,1-4H3,(H2,18,19). The van der Waals surface area contributed by atoms with Crippen molar-refractivity contribution in [1.82, 2.24) is 4.90 Å². The second kappa shape index (κ2) is 5.86. The van der Waals surface area contributed by atoms with Crippen LogP contribution in [-0.4, -0.2) is 23.9 Å². The van der Waals surface area contributed by atoms with Crippen LogP contribution < -0.4 is 5.73 Å². The van der Waals surface area contributed by atoms with Crippen molar-refractivity contribution in [3.8, 4) is 0 Å². The van der Waals surface area contributed by atoms with Gasteiger partial charge in [0.1, 0.15) is 0 Å². The number of benzene rings is 1. The molecular formula is C17H27N3. The van der Waals surface area contributed by atoms with Gasteiger partial charge in [-0.3, -0.25) is 4.99 Å². The van der Waals surface area contributed by atoms with E-state index in [-0.39, 0.29) is 5.54 Å². The Balaban J connectivity index is 2.42. The fourth-order valence-electron chi connectivity index (χ4n) is 3.20. The number of nitrogens with two attached hydrogens (primary N) is 1. The average Bonchev–Trinajstić information content (AvgIpc) is 2.69. The van der Waals surface area contributed by atoms with E-state index in [4.69, 9.17) is 5.73 Å². The maximum absolute atomic E-state index is 6.19. The highest BCUT2D eigenvalue weighted by atomic mass is 15.4. The van der Waals surface area contributed by atoms with Crippen LogP contribution in [0, 0.1) is 11.8 Å². The fourth-order valence-corrected chi connectivity index (χ4v) is 3.20. The van der Waals surface area contributed by atoms with Crippen LogP contribution in [0.5, 0.6) is 0 Å². The van der Waals surface area contributed by atoms with Gasteiger partial charge in [-0.1, -0.05) is 58.0 Å². The Morgan fingerprint density at radius 2 is 1.80 bits per heavy atom. The van der Waals surface area contributed by atoms with E-state index < -0.39 is 0 Å². The van der Waals surface area contributed by atoms with Crippen LogP contribution >= 0.6 is 0 Å². The van der Waals surface area contributed by atoms with Crippen molar-refractivity contribution in [1.29, 1.82) is 0 Å². The third-order valence-corrected chi connectivity index (χ3v) is 3.90. The molecule has 0 aliphatic carbocycles. The molecule has 3 nitrogen and oxygen atoms in total. The molecule has 2 N–H and O–H groups in total. The van der Waals surface area contributed by atoms with E-state index in [1.807, 2.05) is 0 Å². The van der Waals surface area contributed by atoms with E-state index in [1.54, 1.807) is 0 Å². The van der Waals surface area contributed by atoms with Crippen LogP contribution in [0.1, 0.15) is 39.7 Å². The summed E-state index contributed by atoms with van der Waals surface area (Å²) < 4.78 is 0. The lowest BCUT2D eigenvalue weighted by Crippen LogP contribution is -2.51. The van der Waals surface area contributed by atoms with Gasteiger partial charge in [0.2, 0.25) is 0 Å². The summed E-state index contributed by atoms with van der Waals surface area (Å²) in [6, 6.07) is 10.7. The third-order valence-electron chi connectivity index (χ3n) is 3.90. The van der Waals surface area contributed by atoms with Gasteiger partial charge in [-0.25, -0.2) is 0 Å². The molecule has 0 saturated carbocycles. The summed E-state index contributed by atoms with van der Waals surface area (Å²) >= 11 is 0. The molecule has 2 rings (SSSR count). The molecule has 0 saturated heterocycles. The molecule has 1 unspecified atom stereocenters. The summed E-state index contributed by atoms with van der Waals surface area (Å²) in [6.45, 7) is 10.7. The van der Waals surface area contributed by atoms with Crippen molar-refractivity contribution < 1.29 is 0 Å². The molecule has 0 bridgehead atoms. The molecule has 1 aromatic carbocycles. The van der Waals surface area contributed by atoms with Crippen molar-refractivity contribution in [2.75, 3.05) is 13.1 Å². The molecular weight excluding hydrogens is 246 g/mol. The summed E-state index contributed by atoms with van der Waals surface area (Å²) in [5.41, 5.74) is 7.46. The normalized spacial score (nSPS) is 22.7. The van der Waals surface area contributed by atoms with E-state index >= 15 is 0 Å². The molecule has 20 heavy (non-hydrogen) atoms. The van der Waals surface area contributed by atoms with Gasteiger partial charge in [-0.2, -0.15) is 0 Å². The highest BCUT2D eigenvalue weighted by Crippen LogP contribution is 2.39. The molecule has 0 amide bonds. The Kier molecular flexibility index (Phi) is 4.36. The SMILES string of the molecule is CC(C)CN1C(N)=NCC1(CC(C)C)c1ccccc1. The van der Waals surface area contributed by atoms with Gasteiger partial charge in [-0.05, 0) is 23.8 Å². The Morgan fingerprint density at radius 1 is 1.15 bits per heavy atom. The smallest absolute Gasteiger partial charge is 0.192 e. The molecule has 0 aromatic heterocycles. The first-order valence-corrected chi connectivity index (χ1v) is 7.59. The molecule has 0 spiro atoms. The topological polar surface area (TPSA) is 41.6 Å². The molecule has 0 radical (unpaired) electrons. The summed E-state index contributed by atoms with van der Waals surface area (Å²) in [5, 5.41) is 0. The highest BCUT2D eigenvalue weighted by Gasteiger charge is 2.43. The third kappa shape index (κ3) is 2.82. The van der Waals surface area contributed by atoms with E-state index in [9.17, 15) is 0 Å². The summed E-state index contributed by atoms with van der Waals surface area (Å²) in [4.78, 5) is 6.90. The van der Waals surface area contributed by atoms with Gasteiger partial charge >= 0.3 is 0 Å². The lowest BCUT2D eigenvalue weighted by Gasteiger charge is -2.42. The maximum Gasteiger partial charge on any atom is 0.192 e. The molecule has 110 valence electrons. The van der Waals surface area contributed by atoms with Crippen molar-refractivity contribution in [3.63, 3.8) is 0 Å². The van der Waals surface area contributed by atoms with Crippen molar-refractivity contribution in [2.45, 2.75) is 39.7 Å². The zero-order chi connectivity index (χ0) is 14.8. The van der Waals surface area contributed by atoms with Gasteiger partial charge in [0.05, 0.1) is 12.1 Å². The average molecular weight is 273 g/mol. The lowest BCUT2D eigenvalue weighted by atomic mass is 9.81. The summed E-state index contributed by atoms with van der Waals surface area (Å²) in [7, 11) is 0. The molecule has 1 aromatic rings. The summed E-state index contributed by atoms with van der Waals surface area (Å²) in [6.07, 6.45) is 1.08. The van der Waals surface area contributed by atoms with Crippen molar-refractivity contribution in [3.05, 3.63) is 35.9 Å². The van der Waals surface area contributed by atoms with Crippen LogP contribution in [-0.2, 0) is 5.54 Å². The Morgan fingerprint density at radius 3 is 2.35 bits per heavy atom. The zero-order valence-electron chi connectivity index (χ0n) is 13.1. The van der Waals surface area contributed by atoms with Gasteiger partial charge in [0.15, 0.2) is 5.96 Å². The maximum atomic E-state index is 6.19. The van der Waals surface area contributed by atoms with Crippen LogP contribution in [0.4, 0.5) is 0 Å². The molecule has 0 fully saturated rings. The molecule has 1 aliphatic heterocycles. The van der Waals surface area contributed by atoms with Crippen molar-refractivity contribution >= 4 is 5.96 Å². The highest BCUT2D eigenvalue weighted by molar-refractivity contribution is 5.81. The monoisotopic (exact) mass is 273 g/mol. The van der Waals surface area contributed by atoms with Crippen LogP contribution in [0.25, 0.3) is 0 Å². The molecule has 1 heterocycles. The Hall–Kier alpha value is -1.51. The minimum atomic E-state index is -0.0657. The predicted octanol–water partition coefficient (Wildman–Crippen LogP) is 3.21. The van der Waals surface area contributed by atoms with Gasteiger partial charge < -0.3 is 10.6 Å². The number of hydrogen-bond donors (Lipinski definition) is 1. The zero-order valence-corrected chi connectivity index (χ0v) is 13.1. The number of rotatable bonds is 5. The number of hydrogen-bond acceptors (Lipinski definition) is 3. The number of guanidine groups is 1. The number of nitrogens with zero attached hydrogens (tertiary/aromatic N) is 2. The fraction of sp³-hybridized carbons (Fsp3) is 0.588. The van der Waals surface area contributed by atoms with Gasteiger partial charge in [0.25, 0.3) is 0 Å². The minimum absolute atomic E-state index is 0.0657. The predicted molar refractivity (Wildman–Crippen MR) is 85.6 cm³/mol. The first-order valence-electron chi connectivity index (χ1n) is 7.59. The van der Waals surface area contributed by atoms with Crippen LogP contribution in [0.2, 0.25) is 0 Å². The van der Waals surface area contributed by atoms with E-state index in [0.29, 0.717) is 17.8 Å². The van der Waals surface area contributed by atoms with Crippen LogP contribution in [0.15, 0.2) is 35.3 Å². The molecule has 3 heteroatoms. The first kappa shape index (κ1) is 14.9. The number of aliphatic imine (C=N–C) groups is 1. The van der Waals surface area contributed by atoms with E-state index in [1.165, 1.54) is 5.56 Å². The minimum Gasteiger partial charge on any atom is -0.370 e. The van der Waals surface area contributed by atoms with E-state index in [0.717, 1.165) is 19.5 Å².